The fourth-order valence-corrected chi connectivity index (χ4v) is 2.84. The fraction of sp³-hybridized carbons (Fsp3) is 0.235. The summed E-state index contributed by atoms with van der Waals surface area (Å²) in [7, 11) is 0. The lowest BCUT2D eigenvalue weighted by Crippen LogP contribution is -2.25. The Kier molecular flexibility index (Phi) is 2.60. The van der Waals surface area contributed by atoms with E-state index in [1.807, 2.05) is 42.5 Å². The predicted molar refractivity (Wildman–Crippen MR) is 73.8 cm³/mol. The topological polar surface area (TPSA) is 35.5 Å². The number of hydrogen-bond donors (Lipinski definition) is 0. The Hall–Kier alpha value is -2.13. The van der Waals surface area contributed by atoms with Crippen LogP contribution in [-0.2, 0) is 24.4 Å². The third-order valence-corrected chi connectivity index (χ3v) is 3.95. The number of benzene rings is 2. The van der Waals surface area contributed by atoms with Gasteiger partial charge in [-0.25, -0.2) is 0 Å². The first-order valence-corrected chi connectivity index (χ1v) is 6.79. The third-order valence-electron chi connectivity index (χ3n) is 3.95. The van der Waals surface area contributed by atoms with Crippen LogP contribution in [0, 0.1) is 0 Å². The molecule has 0 aromatic heterocycles. The van der Waals surface area contributed by atoms with Gasteiger partial charge in [-0.2, -0.15) is 0 Å². The van der Waals surface area contributed by atoms with E-state index in [1.165, 1.54) is 5.56 Å². The first kappa shape index (κ1) is 11.7. The van der Waals surface area contributed by atoms with Gasteiger partial charge in [0.15, 0.2) is 6.10 Å². The number of carbonyl (C=O) groups is 1. The molecular formula is C17H14O3. The fourth-order valence-electron chi connectivity index (χ4n) is 2.84. The van der Waals surface area contributed by atoms with Crippen molar-refractivity contribution in [2.45, 2.75) is 25.7 Å². The Bertz CT molecular complexity index is 665. The summed E-state index contributed by atoms with van der Waals surface area (Å²) in [5, 5.41) is 0. The molecule has 0 fully saturated rings. The number of para-hydroxylation sites is 1. The van der Waals surface area contributed by atoms with E-state index in [0.29, 0.717) is 25.2 Å². The van der Waals surface area contributed by atoms with Crippen molar-refractivity contribution in [1.82, 2.24) is 0 Å². The van der Waals surface area contributed by atoms with Crippen LogP contribution in [0.25, 0.3) is 0 Å². The number of rotatable bonds is 2. The van der Waals surface area contributed by atoms with Gasteiger partial charge < -0.3 is 9.47 Å². The van der Waals surface area contributed by atoms with E-state index in [1.54, 1.807) is 0 Å². The van der Waals surface area contributed by atoms with Crippen molar-refractivity contribution < 1.29 is 14.3 Å². The zero-order chi connectivity index (χ0) is 13.5. The molecule has 0 amide bonds. The third kappa shape index (κ3) is 1.82. The molecule has 0 aliphatic carbocycles. The van der Waals surface area contributed by atoms with Gasteiger partial charge in [0.1, 0.15) is 5.75 Å². The van der Waals surface area contributed by atoms with E-state index in [9.17, 15) is 4.79 Å². The second-order valence-corrected chi connectivity index (χ2v) is 5.26. The summed E-state index contributed by atoms with van der Waals surface area (Å²) in [6, 6.07) is 13.6. The van der Waals surface area contributed by atoms with E-state index in [2.05, 4.69) is 0 Å². The molecule has 3 heteroatoms. The second-order valence-electron chi connectivity index (χ2n) is 5.26. The van der Waals surface area contributed by atoms with Gasteiger partial charge in [0, 0.05) is 12.0 Å². The van der Waals surface area contributed by atoms with Crippen molar-refractivity contribution in [3.8, 4) is 5.75 Å². The van der Waals surface area contributed by atoms with Crippen molar-refractivity contribution in [2.24, 2.45) is 0 Å². The summed E-state index contributed by atoms with van der Waals surface area (Å²) < 4.78 is 11.1. The molecule has 2 aromatic rings. The number of ether oxygens (including phenoxy) is 2. The Balaban J connectivity index is 1.60. The minimum absolute atomic E-state index is 0.0518. The van der Waals surface area contributed by atoms with Gasteiger partial charge in [-0.1, -0.05) is 30.3 Å². The van der Waals surface area contributed by atoms with E-state index in [4.69, 9.17) is 9.47 Å². The Labute approximate surface area is 117 Å². The van der Waals surface area contributed by atoms with Crippen molar-refractivity contribution in [3.05, 3.63) is 64.7 Å². The van der Waals surface area contributed by atoms with Crippen LogP contribution in [0.2, 0.25) is 0 Å². The predicted octanol–water partition coefficient (Wildman–Crippen LogP) is 2.90. The van der Waals surface area contributed by atoms with Crippen molar-refractivity contribution in [2.75, 3.05) is 0 Å². The van der Waals surface area contributed by atoms with Gasteiger partial charge in [0.2, 0.25) is 5.78 Å². The van der Waals surface area contributed by atoms with E-state index in [-0.39, 0.29) is 5.78 Å². The maximum absolute atomic E-state index is 12.5. The van der Waals surface area contributed by atoms with Crippen molar-refractivity contribution in [1.29, 1.82) is 0 Å². The number of carbonyl (C=O) groups excluding carboxylic acids is 1. The van der Waals surface area contributed by atoms with E-state index in [0.717, 1.165) is 16.9 Å². The smallest absolute Gasteiger partial charge is 0.203 e. The molecule has 20 heavy (non-hydrogen) atoms. The highest BCUT2D eigenvalue weighted by molar-refractivity contribution is 6.00. The highest BCUT2D eigenvalue weighted by Crippen LogP contribution is 2.30. The zero-order valence-corrected chi connectivity index (χ0v) is 11.0. The lowest BCUT2D eigenvalue weighted by molar-refractivity contribution is 0.0824. The molecule has 2 aromatic carbocycles. The summed E-state index contributed by atoms with van der Waals surface area (Å²) in [4.78, 5) is 12.5. The van der Waals surface area contributed by atoms with Crippen LogP contribution in [0.4, 0.5) is 0 Å². The van der Waals surface area contributed by atoms with Crippen LogP contribution in [0.1, 0.15) is 27.0 Å². The summed E-state index contributed by atoms with van der Waals surface area (Å²) in [6.07, 6.45) is 0.260. The lowest BCUT2D eigenvalue weighted by atomic mass is 9.98. The summed E-state index contributed by atoms with van der Waals surface area (Å²) in [5.41, 5.74) is 4.12. The van der Waals surface area contributed by atoms with E-state index < -0.39 is 6.10 Å². The summed E-state index contributed by atoms with van der Waals surface area (Å²) in [5.74, 6) is 0.881. The highest BCUT2D eigenvalue weighted by Gasteiger charge is 2.30. The van der Waals surface area contributed by atoms with Gasteiger partial charge >= 0.3 is 0 Å². The normalized spacial score (nSPS) is 19.3. The molecule has 1 atom stereocenters. The first-order chi connectivity index (χ1) is 9.81. The van der Waals surface area contributed by atoms with Gasteiger partial charge in [-0.15, -0.1) is 0 Å². The highest BCUT2D eigenvalue weighted by atomic mass is 16.5. The molecule has 0 bridgehead atoms. The van der Waals surface area contributed by atoms with Gasteiger partial charge in [-0.05, 0) is 28.8 Å². The minimum Gasteiger partial charge on any atom is -0.482 e. The van der Waals surface area contributed by atoms with Crippen LogP contribution in [-0.4, -0.2) is 11.9 Å². The molecular weight excluding hydrogens is 252 g/mol. The molecule has 2 aliphatic heterocycles. The molecule has 0 radical (unpaired) electrons. The average molecular weight is 266 g/mol. The molecule has 0 saturated heterocycles. The molecule has 3 nitrogen and oxygen atoms in total. The van der Waals surface area contributed by atoms with Crippen LogP contribution < -0.4 is 4.74 Å². The Morgan fingerprint density at radius 2 is 1.85 bits per heavy atom. The second kappa shape index (κ2) is 4.46. The molecule has 1 unspecified atom stereocenters. The molecule has 0 saturated carbocycles. The first-order valence-electron chi connectivity index (χ1n) is 6.79. The Morgan fingerprint density at radius 1 is 1.00 bits per heavy atom. The zero-order valence-electron chi connectivity index (χ0n) is 11.0. The molecule has 2 aliphatic rings. The van der Waals surface area contributed by atoms with Crippen LogP contribution >= 0.6 is 0 Å². The number of hydrogen-bond acceptors (Lipinski definition) is 3. The molecule has 4 rings (SSSR count). The van der Waals surface area contributed by atoms with Gasteiger partial charge in [-0.3, -0.25) is 4.79 Å². The largest absolute Gasteiger partial charge is 0.482 e. The SMILES string of the molecule is O=C(c1ccc2c(c1)COC2)C1Cc2ccccc2O1. The molecule has 100 valence electrons. The van der Waals surface area contributed by atoms with Crippen molar-refractivity contribution in [3.63, 3.8) is 0 Å². The number of Topliss-reactive ketones (excluding diaryl/α,β-unsaturated/α-hetero) is 1. The lowest BCUT2D eigenvalue weighted by Gasteiger charge is -2.10. The standard InChI is InChI=1S/C17H14O3/c18-17(12-5-6-13-9-19-10-14(13)7-12)16-8-11-3-1-2-4-15(11)20-16/h1-7,16H,8-10H2. The number of fused-ring (bicyclic) bond motifs is 2. The molecule has 2 heterocycles. The molecule has 0 N–H and O–H groups in total. The van der Waals surface area contributed by atoms with Crippen LogP contribution in [0.5, 0.6) is 5.75 Å². The summed E-state index contributed by atoms with van der Waals surface area (Å²) >= 11 is 0. The van der Waals surface area contributed by atoms with Crippen LogP contribution in [0.15, 0.2) is 42.5 Å². The maximum Gasteiger partial charge on any atom is 0.203 e. The molecule has 0 spiro atoms. The minimum atomic E-state index is -0.396. The van der Waals surface area contributed by atoms with Gasteiger partial charge in [0.05, 0.1) is 13.2 Å². The van der Waals surface area contributed by atoms with Crippen molar-refractivity contribution >= 4 is 5.78 Å². The number of ketones is 1. The summed E-state index contributed by atoms with van der Waals surface area (Å²) in [6.45, 7) is 1.25. The van der Waals surface area contributed by atoms with Gasteiger partial charge in [0.25, 0.3) is 0 Å². The Morgan fingerprint density at radius 3 is 2.75 bits per heavy atom. The maximum atomic E-state index is 12.5. The quantitative estimate of drug-likeness (QED) is 0.784. The monoisotopic (exact) mass is 266 g/mol. The average Bonchev–Trinajstić information content (AvgIpc) is 3.11. The van der Waals surface area contributed by atoms with E-state index >= 15 is 0 Å². The van der Waals surface area contributed by atoms with Crippen LogP contribution in [0.3, 0.4) is 0 Å².